The van der Waals surface area contributed by atoms with Crippen LogP contribution in [0.15, 0.2) is 46.9 Å². The molecular formula is C20H23BrN2O4. The number of likely N-dealkylation sites (N-methyl/N-ethyl adjacent to an activating group) is 1. The summed E-state index contributed by atoms with van der Waals surface area (Å²) in [6.07, 6.45) is -0.407. The number of hydrogen-bond donors (Lipinski definition) is 1. The summed E-state index contributed by atoms with van der Waals surface area (Å²) < 4.78 is 10.6. The summed E-state index contributed by atoms with van der Waals surface area (Å²) in [4.78, 5) is 25.7. The molecule has 144 valence electrons. The highest BCUT2D eigenvalue weighted by molar-refractivity contribution is 9.10. The van der Waals surface area contributed by atoms with Crippen molar-refractivity contribution in [2.24, 2.45) is 5.73 Å². The van der Waals surface area contributed by atoms with E-state index in [9.17, 15) is 9.59 Å². The maximum atomic E-state index is 12.7. The number of carbonyl (C=O) groups is 2. The Hall–Kier alpha value is -2.38. The Morgan fingerprint density at radius 1 is 1.22 bits per heavy atom. The summed E-state index contributed by atoms with van der Waals surface area (Å²) in [5, 5.41) is 0. The Morgan fingerprint density at radius 3 is 2.48 bits per heavy atom. The van der Waals surface area contributed by atoms with Crippen molar-refractivity contribution in [3.63, 3.8) is 0 Å². The van der Waals surface area contributed by atoms with Gasteiger partial charge in [0.1, 0.15) is 5.75 Å². The average molecular weight is 435 g/mol. The quantitative estimate of drug-likeness (QED) is 0.551. The van der Waals surface area contributed by atoms with Crippen molar-refractivity contribution in [1.29, 1.82) is 0 Å². The minimum absolute atomic E-state index is 0.181. The molecule has 0 fully saturated rings. The van der Waals surface area contributed by atoms with E-state index >= 15 is 0 Å². The minimum atomic E-state index is -0.757. The van der Waals surface area contributed by atoms with Crippen molar-refractivity contribution in [3.05, 3.63) is 58.1 Å². The molecular weight excluding hydrogens is 412 g/mol. The molecule has 0 aliphatic carbocycles. The second kappa shape index (κ2) is 9.53. The zero-order valence-electron chi connectivity index (χ0n) is 15.6. The average Bonchev–Trinajstić information content (AvgIpc) is 2.64. The normalized spacial score (nSPS) is 11.6. The molecule has 6 nitrogen and oxygen atoms in total. The largest absolute Gasteiger partial charge is 0.513 e. The SMILES string of the molecule is CCOC(=O)Oc1cc(C)c(C[C@H](N)C(=O)N(C)c2ccccc2)c(Br)c1. The maximum absolute atomic E-state index is 12.7. The number of hydrogen-bond acceptors (Lipinski definition) is 5. The van der Waals surface area contributed by atoms with Gasteiger partial charge in [0.15, 0.2) is 0 Å². The fourth-order valence-corrected chi connectivity index (χ4v) is 3.34. The third-order valence-electron chi connectivity index (χ3n) is 4.07. The van der Waals surface area contributed by atoms with Gasteiger partial charge in [-0.15, -0.1) is 0 Å². The molecule has 0 spiro atoms. The fraction of sp³-hybridized carbons (Fsp3) is 0.300. The summed E-state index contributed by atoms with van der Waals surface area (Å²) in [6.45, 7) is 3.82. The molecule has 2 aromatic rings. The van der Waals surface area contributed by atoms with Crippen molar-refractivity contribution in [2.45, 2.75) is 26.3 Å². The number of nitrogens with two attached hydrogens (primary N) is 1. The van der Waals surface area contributed by atoms with E-state index in [0.717, 1.165) is 16.8 Å². The second-order valence-electron chi connectivity index (χ2n) is 6.03. The van der Waals surface area contributed by atoms with Crippen LogP contribution in [0.3, 0.4) is 0 Å². The van der Waals surface area contributed by atoms with E-state index in [1.807, 2.05) is 37.3 Å². The Morgan fingerprint density at radius 2 is 1.89 bits per heavy atom. The first-order valence-corrected chi connectivity index (χ1v) is 9.34. The molecule has 7 heteroatoms. The summed E-state index contributed by atoms with van der Waals surface area (Å²) in [5.74, 6) is 0.183. The molecule has 0 saturated heterocycles. The van der Waals surface area contributed by atoms with E-state index in [0.29, 0.717) is 16.6 Å². The van der Waals surface area contributed by atoms with Gasteiger partial charge in [0.2, 0.25) is 5.91 Å². The lowest BCUT2D eigenvalue weighted by Gasteiger charge is -2.22. The van der Waals surface area contributed by atoms with E-state index in [-0.39, 0.29) is 12.5 Å². The van der Waals surface area contributed by atoms with Crippen LogP contribution in [0, 0.1) is 6.92 Å². The molecule has 0 aromatic heterocycles. The highest BCUT2D eigenvalue weighted by Gasteiger charge is 2.22. The minimum Gasteiger partial charge on any atom is -0.434 e. The Balaban J connectivity index is 2.12. The second-order valence-corrected chi connectivity index (χ2v) is 6.88. The molecule has 0 radical (unpaired) electrons. The molecule has 0 saturated carbocycles. The maximum Gasteiger partial charge on any atom is 0.513 e. The first-order chi connectivity index (χ1) is 12.8. The van der Waals surface area contributed by atoms with Gasteiger partial charge in [0, 0.05) is 17.2 Å². The van der Waals surface area contributed by atoms with E-state index in [2.05, 4.69) is 15.9 Å². The van der Waals surface area contributed by atoms with E-state index in [1.165, 1.54) is 0 Å². The number of amides is 1. The van der Waals surface area contributed by atoms with Crippen molar-refractivity contribution < 1.29 is 19.1 Å². The lowest BCUT2D eigenvalue weighted by Crippen LogP contribution is -2.43. The van der Waals surface area contributed by atoms with Crippen molar-refractivity contribution in [2.75, 3.05) is 18.6 Å². The van der Waals surface area contributed by atoms with Crippen LogP contribution in [-0.2, 0) is 16.0 Å². The Bertz CT molecular complexity index is 788. The molecule has 0 unspecified atom stereocenters. The summed E-state index contributed by atoms with van der Waals surface area (Å²) in [7, 11) is 1.70. The van der Waals surface area contributed by atoms with Gasteiger partial charge in [-0.25, -0.2) is 4.79 Å². The standard InChI is InChI=1S/C20H23BrN2O4/c1-4-26-20(25)27-15-10-13(2)16(17(21)11-15)12-18(22)19(24)23(3)14-8-6-5-7-9-14/h5-11,18H,4,12,22H2,1-3H3/t18-/m0/s1. The van der Waals surface area contributed by atoms with Crippen molar-refractivity contribution in [3.8, 4) is 5.75 Å². The van der Waals surface area contributed by atoms with Gasteiger partial charge in [-0.05, 0) is 55.7 Å². The van der Waals surface area contributed by atoms with Crippen LogP contribution in [0.1, 0.15) is 18.1 Å². The van der Waals surface area contributed by atoms with Gasteiger partial charge in [0.25, 0.3) is 0 Å². The number of ether oxygens (including phenoxy) is 2. The predicted octanol–water partition coefficient (Wildman–Crippen LogP) is 3.83. The van der Waals surface area contributed by atoms with Crippen LogP contribution in [0.2, 0.25) is 0 Å². The van der Waals surface area contributed by atoms with E-state index in [4.69, 9.17) is 15.2 Å². The van der Waals surface area contributed by atoms with Crippen LogP contribution in [0.5, 0.6) is 5.75 Å². The van der Waals surface area contributed by atoms with Gasteiger partial charge in [-0.3, -0.25) is 4.79 Å². The molecule has 27 heavy (non-hydrogen) atoms. The number of benzene rings is 2. The molecule has 0 aliphatic heterocycles. The van der Waals surface area contributed by atoms with Gasteiger partial charge in [0.05, 0.1) is 12.6 Å². The monoisotopic (exact) mass is 434 g/mol. The Labute approximate surface area is 167 Å². The van der Waals surface area contributed by atoms with Crippen LogP contribution in [0.25, 0.3) is 0 Å². The van der Waals surface area contributed by atoms with Gasteiger partial charge in [-0.2, -0.15) is 0 Å². The summed E-state index contributed by atoms with van der Waals surface area (Å²) in [5.41, 5.74) is 8.69. The topological polar surface area (TPSA) is 81.9 Å². The summed E-state index contributed by atoms with van der Waals surface area (Å²) in [6, 6.07) is 12.0. The van der Waals surface area contributed by atoms with Crippen LogP contribution in [0.4, 0.5) is 10.5 Å². The lowest BCUT2D eigenvalue weighted by atomic mass is 10.0. The zero-order valence-corrected chi connectivity index (χ0v) is 17.2. The number of para-hydroxylation sites is 1. The third kappa shape index (κ3) is 5.55. The highest BCUT2D eigenvalue weighted by Crippen LogP contribution is 2.28. The van der Waals surface area contributed by atoms with Gasteiger partial charge < -0.3 is 20.1 Å². The molecule has 1 atom stereocenters. The smallest absolute Gasteiger partial charge is 0.434 e. The first kappa shape index (κ1) is 20.9. The van der Waals surface area contributed by atoms with Crippen molar-refractivity contribution >= 4 is 33.7 Å². The van der Waals surface area contributed by atoms with Gasteiger partial charge >= 0.3 is 6.16 Å². The number of nitrogens with zero attached hydrogens (tertiary/aromatic N) is 1. The molecule has 0 heterocycles. The highest BCUT2D eigenvalue weighted by atomic mass is 79.9. The third-order valence-corrected chi connectivity index (χ3v) is 4.78. The zero-order chi connectivity index (χ0) is 20.0. The molecule has 2 rings (SSSR count). The molecule has 2 N–H and O–H groups in total. The van der Waals surface area contributed by atoms with Crippen molar-refractivity contribution in [1.82, 2.24) is 0 Å². The molecule has 1 amide bonds. The fourth-order valence-electron chi connectivity index (χ4n) is 2.64. The van der Waals surface area contributed by atoms with Crippen LogP contribution < -0.4 is 15.4 Å². The number of rotatable bonds is 6. The van der Waals surface area contributed by atoms with E-state index < -0.39 is 12.2 Å². The molecule has 2 aromatic carbocycles. The van der Waals surface area contributed by atoms with Gasteiger partial charge in [-0.1, -0.05) is 34.1 Å². The Kier molecular flexibility index (Phi) is 7.38. The lowest BCUT2D eigenvalue weighted by molar-refractivity contribution is -0.119. The predicted molar refractivity (Wildman–Crippen MR) is 108 cm³/mol. The van der Waals surface area contributed by atoms with E-state index in [1.54, 1.807) is 31.0 Å². The first-order valence-electron chi connectivity index (χ1n) is 8.55. The number of halogens is 1. The van der Waals surface area contributed by atoms with Crippen LogP contribution >= 0.6 is 15.9 Å². The molecule has 0 bridgehead atoms. The number of anilines is 1. The number of aryl methyl sites for hydroxylation is 1. The molecule has 0 aliphatic rings. The number of carbonyl (C=O) groups excluding carboxylic acids is 2. The summed E-state index contributed by atoms with van der Waals surface area (Å²) >= 11 is 3.47. The van der Waals surface area contributed by atoms with Crippen LogP contribution in [-0.4, -0.2) is 31.8 Å².